The number of nitrogens with one attached hydrogen (secondary N) is 1. The second-order valence-electron chi connectivity index (χ2n) is 4.71. The number of nitro groups is 1. The maximum absolute atomic E-state index is 11.7. The molecule has 0 aliphatic carbocycles. The molecule has 0 fully saturated rings. The molecule has 0 saturated carbocycles. The first-order chi connectivity index (χ1) is 13.0. The van der Waals surface area contributed by atoms with Crippen molar-refractivity contribution in [3.8, 4) is 5.75 Å². The number of nitro benzene ring substituents is 1. The SMILES string of the molecule is CC.CCOC(=O)Cc1csc(CNC(=O)Oc2ccc([N+](=O)[O-])cc2)n1. The van der Waals surface area contributed by atoms with Gasteiger partial charge in [0.05, 0.1) is 30.2 Å². The van der Waals surface area contributed by atoms with Crippen LogP contribution >= 0.6 is 11.3 Å². The third kappa shape index (κ3) is 7.82. The molecule has 2 aromatic rings. The Kier molecular flexibility index (Phi) is 9.45. The Hall–Kier alpha value is -3.01. The fourth-order valence-corrected chi connectivity index (χ4v) is 2.53. The molecule has 9 nitrogen and oxygen atoms in total. The zero-order valence-corrected chi connectivity index (χ0v) is 16.1. The van der Waals surface area contributed by atoms with E-state index in [4.69, 9.17) is 9.47 Å². The summed E-state index contributed by atoms with van der Waals surface area (Å²) in [4.78, 5) is 37.3. The van der Waals surface area contributed by atoms with E-state index in [0.717, 1.165) is 0 Å². The quantitative estimate of drug-likeness (QED) is 0.433. The highest BCUT2D eigenvalue weighted by Crippen LogP contribution is 2.17. The molecular weight excluding hydrogens is 374 g/mol. The predicted octanol–water partition coefficient (Wildman–Crippen LogP) is 3.47. The van der Waals surface area contributed by atoms with Gasteiger partial charge in [-0.3, -0.25) is 14.9 Å². The molecule has 10 heteroatoms. The number of nitrogens with zero attached hydrogens (tertiary/aromatic N) is 2. The molecule has 0 aliphatic heterocycles. The summed E-state index contributed by atoms with van der Waals surface area (Å²) in [5.41, 5.74) is 0.480. The van der Waals surface area contributed by atoms with Crippen molar-refractivity contribution in [2.24, 2.45) is 0 Å². The second-order valence-corrected chi connectivity index (χ2v) is 5.65. The van der Waals surface area contributed by atoms with Gasteiger partial charge in [-0.1, -0.05) is 13.8 Å². The smallest absolute Gasteiger partial charge is 0.412 e. The van der Waals surface area contributed by atoms with E-state index in [-0.39, 0.29) is 30.4 Å². The molecule has 1 heterocycles. The van der Waals surface area contributed by atoms with E-state index in [0.29, 0.717) is 17.3 Å². The van der Waals surface area contributed by atoms with Crippen LogP contribution in [0.15, 0.2) is 29.6 Å². The molecule has 1 aromatic heterocycles. The Morgan fingerprint density at radius 1 is 1.26 bits per heavy atom. The molecule has 1 aromatic carbocycles. The highest BCUT2D eigenvalue weighted by atomic mass is 32.1. The number of esters is 1. The predicted molar refractivity (Wildman–Crippen MR) is 99.8 cm³/mol. The average molecular weight is 395 g/mol. The zero-order chi connectivity index (χ0) is 20.2. The molecule has 0 aliphatic rings. The van der Waals surface area contributed by atoms with Gasteiger partial charge in [0.25, 0.3) is 5.69 Å². The highest BCUT2D eigenvalue weighted by Gasteiger charge is 2.11. The van der Waals surface area contributed by atoms with E-state index in [1.165, 1.54) is 35.6 Å². The fraction of sp³-hybridized carbons (Fsp3) is 0.353. The standard InChI is InChI=1S/C15H15N3O6S.C2H6/c1-2-23-14(19)7-10-9-25-13(17-10)8-16-15(20)24-12-5-3-11(4-6-12)18(21)22;1-2/h3-6,9H,2,7-8H2,1H3,(H,16,20);1-2H3. The normalized spacial score (nSPS) is 9.59. The van der Waals surface area contributed by atoms with Gasteiger partial charge in [0, 0.05) is 17.5 Å². The van der Waals surface area contributed by atoms with Gasteiger partial charge in [-0.15, -0.1) is 11.3 Å². The molecule has 0 bridgehead atoms. The lowest BCUT2D eigenvalue weighted by Crippen LogP contribution is -2.26. The van der Waals surface area contributed by atoms with Crippen molar-refractivity contribution in [2.45, 2.75) is 33.7 Å². The molecular formula is C17H21N3O6S. The number of hydrogen-bond donors (Lipinski definition) is 1. The third-order valence-corrected chi connectivity index (χ3v) is 3.77. The number of rotatable bonds is 7. The van der Waals surface area contributed by atoms with Crippen molar-refractivity contribution in [1.82, 2.24) is 10.3 Å². The monoisotopic (exact) mass is 395 g/mol. The number of hydrogen-bond acceptors (Lipinski definition) is 8. The number of non-ortho nitro benzene ring substituents is 1. The molecule has 146 valence electrons. The molecule has 0 unspecified atom stereocenters. The minimum atomic E-state index is -0.712. The number of benzene rings is 1. The lowest BCUT2D eigenvalue weighted by Gasteiger charge is -2.05. The average Bonchev–Trinajstić information content (AvgIpc) is 3.09. The zero-order valence-electron chi connectivity index (χ0n) is 15.3. The van der Waals surface area contributed by atoms with Gasteiger partial charge in [-0.2, -0.15) is 0 Å². The molecule has 0 radical (unpaired) electrons. The first-order valence-corrected chi connectivity index (χ1v) is 9.15. The Bertz CT molecular complexity index is 760. The van der Waals surface area contributed by atoms with E-state index in [9.17, 15) is 19.7 Å². The van der Waals surface area contributed by atoms with Crippen molar-refractivity contribution in [2.75, 3.05) is 6.61 Å². The van der Waals surface area contributed by atoms with Crippen LogP contribution in [0.25, 0.3) is 0 Å². The van der Waals surface area contributed by atoms with Crippen molar-refractivity contribution in [1.29, 1.82) is 0 Å². The maximum atomic E-state index is 11.7. The maximum Gasteiger partial charge on any atom is 0.412 e. The van der Waals surface area contributed by atoms with Crippen LogP contribution in [0.1, 0.15) is 31.5 Å². The van der Waals surface area contributed by atoms with Gasteiger partial charge in [-0.05, 0) is 19.1 Å². The first-order valence-electron chi connectivity index (χ1n) is 8.27. The summed E-state index contributed by atoms with van der Waals surface area (Å²) >= 11 is 1.30. The van der Waals surface area contributed by atoms with Crippen LogP contribution in [-0.4, -0.2) is 28.6 Å². The lowest BCUT2D eigenvalue weighted by molar-refractivity contribution is -0.384. The fourth-order valence-electron chi connectivity index (χ4n) is 1.80. The Labute approximate surface area is 160 Å². The van der Waals surface area contributed by atoms with Crippen molar-refractivity contribution in [3.63, 3.8) is 0 Å². The van der Waals surface area contributed by atoms with E-state index < -0.39 is 11.0 Å². The van der Waals surface area contributed by atoms with Crippen LogP contribution in [0.2, 0.25) is 0 Å². The number of amides is 1. The van der Waals surface area contributed by atoms with Crippen LogP contribution in [0.3, 0.4) is 0 Å². The summed E-state index contributed by atoms with van der Waals surface area (Å²) in [6, 6.07) is 5.15. The van der Waals surface area contributed by atoms with E-state index in [1.54, 1.807) is 12.3 Å². The molecule has 0 spiro atoms. The number of aromatic nitrogens is 1. The summed E-state index contributed by atoms with van der Waals surface area (Å²) in [5.74, 6) is -0.171. The van der Waals surface area contributed by atoms with Crippen LogP contribution in [0.5, 0.6) is 5.75 Å². The molecule has 1 N–H and O–H groups in total. The topological polar surface area (TPSA) is 121 Å². The molecule has 1 amide bonds. The van der Waals surface area contributed by atoms with Crippen LogP contribution < -0.4 is 10.1 Å². The van der Waals surface area contributed by atoms with Gasteiger partial charge < -0.3 is 14.8 Å². The minimum absolute atomic E-state index is 0.0809. The summed E-state index contributed by atoms with van der Waals surface area (Å²) in [5, 5.41) is 15.4. The number of carbonyl (C=O) groups is 2. The first kappa shape index (κ1) is 22.0. The van der Waals surface area contributed by atoms with Crippen LogP contribution in [0, 0.1) is 10.1 Å². The van der Waals surface area contributed by atoms with Gasteiger partial charge >= 0.3 is 12.1 Å². The Morgan fingerprint density at radius 2 is 1.93 bits per heavy atom. The largest absolute Gasteiger partial charge is 0.466 e. The van der Waals surface area contributed by atoms with Crippen molar-refractivity contribution >= 4 is 29.1 Å². The second kappa shape index (κ2) is 11.6. The molecule has 2 rings (SSSR count). The van der Waals surface area contributed by atoms with Crippen molar-refractivity contribution in [3.05, 3.63) is 50.5 Å². The summed E-state index contributed by atoms with van der Waals surface area (Å²) in [6.07, 6.45) is -0.631. The number of carbonyl (C=O) groups excluding carboxylic acids is 2. The van der Waals surface area contributed by atoms with E-state index >= 15 is 0 Å². The highest BCUT2D eigenvalue weighted by molar-refractivity contribution is 7.09. The minimum Gasteiger partial charge on any atom is -0.466 e. The van der Waals surface area contributed by atoms with E-state index in [2.05, 4.69) is 10.3 Å². The molecule has 27 heavy (non-hydrogen) atoms. The van der Waals surface area contributed by atoms with Gasteiger partial charge in [0.2, 0.25) is 0 Å². The Morgan fingerprint density at radius 3 is 2.52 bits per heavy atom. The van der Waals surface area contributed by atoms with Gasteiger partial charge in [-0.25, -0.2) is 9.78 Å². The van der Waals surface area contributed by atoms with Gasteiger partial charge in [0.1, 0.15) is 10.8 Å². The van der Waals surface area contributed by atoms with Crippen LogP contribution in [0.4, 0.5) is 10.5 Å². The summed E-state index contributed by atoms with van der Waals surface area (Å²) in [6.45, 7) is 6.18. The van der Waals surface area contributed by atoms with E-state index in [1.807, 2.05) is 13.8 Å². The lowest BCUT2D eigenvalue weighted by atomic mass is 10.3. The summed E-state index contributed by atoms with van der Waals surface area (Å²) in [7, 11) is 0. The summed E-state index contributed by atoms with van der Waals surface area (Å²) < 4.78 is 9.84. The molecule has 0 atom stereocenters. The molecule has 0 saturated heterocycles. The number of ether oxygens (including phenoxy) is 2. The van der Waals surface area contributed by atoms with Crippen LogP contribution in [-0.2, 0) is 22.5 Å². The Balaban J connectivity index is 0.00000176. The van der Waals surface area contributed by atoms with Gasteiger partial charge in [0.15, 0.2) is 0 Å². The van der Waals surface area contributed by atoms with Crippen molar-refractivity contribution < 1.29 is 24.0 Å². The number of thiazole rings is 1. The third-order valence-electron chi connectivity index (χ3n) is 2.87.